The summed E-state index contributed by atoms with van der Waals surface area (Å²) in [6.07, 6.45) is 2.76. The third-order valence-electron chi connectivity index (χ3n) is 2.98. The first-order valence-electron chi connectivity index (χ1n) is 6.48. The number of furan rings is 1. The Balaban J connectivity index is 1.70. The molecule has 2 aromatic rings. The third kappa shape index (κ3) is 4.28. The number of hydrogen-bond acceptors (Lipinski definition) is 3. The van der Waals surface area contributed by atoms with Gasteiger partial charge in [-0.15, -0.1) is 0 Å². The van der Waals surface area contributed by atoms with Crippen molar-refractivity contribution in [3.8, 4) is 0 Å². The third-order valence-corrected chi connectivity index (χ3v) is 2.98. The molecular weight excluding hydrogens is 240 g/mol. The normalized spacial score (nSPS) is 12.1. The molecular formula is C16H18O3. The average molecular weight is 258 g/mol. The van der Waals surface area contributed by atoms with Crippen LogP contribution in [-0.4, -0.2) is 12.6 Å². The Morgan fingerprint density at radius 2 is 2.00 bits per heavy atom. The summed E-state index contributed by atoms with van der Waals surface area (Å²) in [5.41, 5.74) is 1.15. The molecule has 3 heteroatoms. The fourth-order valence-corrected chi connectivity index (χ4v) is 1.84. The predicted molar refractivity (Wildman–Crippen MR) is 72.8 cm³/mol. The van der Waals surface area contributed by atoms with Crippen LogP contribution >= 0.6 is 0 Å². The second kappa shape index (κ2) is 6.78. The molecule has 0 fully saturated rings. The summed E-state index contributed by atoms with van der Waals surface area (Å²) >= 11 is 0. The van der Waals surface area contributed by atoms with E-state index in [4.69, 9.17) is 9.15 Å². The Kier molecular flexibility index (Phi) is 4.78. The maximum atomic E-state index is 11.6. The lowest BCUT2D eigenvalue weighted by Gasteiger charge is -2.09. The van der Waals surface area contributed by atoms with Gasteiger partial charge in [0.15, 0.2) is 0 Å². The van der Waals surface area contributed by atoms with Gasteiger partial charge in [0.2, 0.25) is 0 Å². The van der Waals surface area contributed by atoms with Crippen LogP contribution in [0.3, 0.4) is 0 Å². The van der Waals surface area contributed by atoms with Crippen LogP contribution < -0.4 is 0 Å². The second-order valence-electron chi connectivity index (χ2n) is 4.59. The van der Waals surface area contributed by atoms with Gasteiger partial charge in [0, 0.05) is 12.3 Å². The van der Waals surface area contributed by atoms with Crippen LogP contribution in [0, 0.1) is 0 Å². The molecule has 0 saturated heterocycles. The van der Waals surface area contributed by atoms with Gasteiger partial charge in [-0.1, -0.05) is 37.3 Å². The van der Waals surface area contributed by atoms with Crippen molar-refractivity contribution in [3.05, 3.63) is 60.1 Å². The van der Waals surface area contributed by atoms with E-state index in [1.165, 1.54) is 0 Å². The summed E-state index contributed by atoms with van der Waals surface area (Å²) in [5.74, 6) is 0.772. The van der Waals surface area contributed by atoms with Crippen LogP contribution in [0.15, 0.2) is 53.1 Å². The largest absolute Gasteiger partial charge is 0.469 e. The molecule has 0 aliphatic rings. The molecule has 2 rings (SSSR count). The summed E-state index contributed by atoms with van der Waals surface area (Å²) < 4.78 is 10.5. The van der Waals surface area contributed by atoms with Crippen molar-refractivity contribution in [2.45, 2.75) is 25.7 Å². The standard InChI is InChI=1S/C16H18O3/c1-13(15-8-5-11-18-15)12-19-16(17)10-9-14-6-3-2-4-7-14/h2-8,11,13H,9-10,12H2,1H3/t13-/m1/s1. The fraction of sp³-hybridized carbons (Fsp3) is 0.312. The molecule has 0 radical (unpaired) electrons. The van der Waals surface area contributed by atoms with Gasteiger partial charge in [0.05, 0.1) is 6.26 Å². The molecule has 0 N–H and O–H groups in total. The number of carbonyl (C=O) groups excluding carboxylic acids is 1. The van der Waals surface area contributed by atoms with Gasteiger partial charge >= 0.3 is 5.97 Å². The predicted octanol–water partition coefficient (Wildman–Crippen LogP) is 3.56. The second-order valence-corrected chi connectivity index (χ2v) is 4.59. The van der Waals surface area contributed by atoms with Crippen LogP contribution in [0.5, 0.6) is 0 Å². The number of hydrogen-bond donors (Lipinski definition) is 0. The lowest BCUT2D eigenvalue weighted by atomic mass is 10.1. The van der Waals surface area contributed by atoms with Crippen molar-refractivity contribution in [2.75, 3.05) is 6.61 Å². The van der Waals surface area contributed by atoms with Gasteiger partial charge < -0.3 is 9.15 Å². The van der Waals surface area contributed by atoms with E-state index < -0.39 is 0 Å². The molecule has 0 spiro atoms. The molecule has 0 aliphatic heterocycles. The van der Waals surface area contributed by atoms with E-state index in [0.717, 1.165) is 17.7 Å². The average Bonchev–Trinajstić information content (AvgIpc) is 2.98. The van der Waals surface area contributed by atoms with Gasteiger partial charge in [-0.05, 0) is 24.1 Å². The van der Waals surface area contributed by atoms with E-state index in [0.29, 0.717) is 13.0 Å². The van der Waals surface area contributed by atoms with Gasteiger partial charge in [-0.2, -0.15) is 0 Å². The van der Waals surface area contributed by atoms with Crippen molar-refractivity contribution in [1.29, 1.82) is 0 Å². The molecule has 0 bridgehead atoms. The summed E-state index contributed by atoms with van der Waals surface area (Å²) in [5, 5.41) is 0. The zero-order chi connectivity index (χ0) is 13.5. The zero-order valence-electron chi connectivity index (χ0n) is 11.0. The number of esters is 1. The molecule has 19 heavy (non-hydrogen) atoms. The molecule has 1 aromatic carbocycles. The first-order valence-corrected chi connectivity index (χ1v) is 6.48. The van der Waals surface area contributed by atoms with E-state index in [2.05, 4.69) is 0 Å². The molecule has 1 heterocycles. The van der Waals surface area contributed by atoms with Gasteiger partial charge in [0.25, 0.3) is 0 Å². The maximum Gasteiger partial charge on any atom is 0.306 e. The fourth-order valence-electron chi connectivity index (χ4n) is 1.84. The van der Waals surface area contributed by atoms with E-state index >= 15 is 0 Å². The number of benzene rings is 1. The minimum atomic E-state index is -0.165. The number of ether oxygens (including phenoxy) is 1. The van der Waals surface area contributed by atoms with Crippen LogP contribution in [0.4, 0.5) is 0 Å². The minimum Gasteiger partial charge on any atom is -0.469 e. The highest BCUT2D eigenvalue weighted by molar-refractivity contribution is 5.69. The molecule has 0 unspecified atom stereocenters. The molecule has 100 valence electrons. The van der Waals surface area contributed by atoms with Crippen LogP contribution in [0.1, 0.15) is 30.6 Å². The first kappa shape index (κ1) is 13.4. The summed E-state index contributed by atoms with van der Waals surface area (Å²) in [6.45, 7) is 2.34. The van der Waals surface area contributed by atoms with Gasteiger partial charge in [0.1, 0.15) is 12.4 Å². The summed E-state index contributed by atoms with van der Waals surface area (Å²) in [6, 6.07) is 13.7. The Bertz CT molecular complexity index is 488. The molecule has 0 saturated carbocycles. The SMILES string of the molecule is C[C@H](COC(=O)CCc1ccccc1)c1ccco1. The topological polar surface area (TPSA) is 39.4 Å². The van der Waals surface area contributed by atoms with E-state index in [-0.39, 0.29) is 11.9 Å². The maximum absolute atomic E-state index is 11.6. The van der Waals surface area contributed by atoms with Crippen molar-refractivity contribution >= 4 is 5.97 Å². The molecule has 1 aromatic heterocycles. The van der Waals surface area contributed by atoms with Crippen LogP contribution in [0.25, 0.3) is 0 Å². The van der Waals surface area contributed by atoms with Crippen molar-refractivity contribution < 1.29 is 13.9 Å². The number of aryl methyl sites for hydroxylation is 1. The Labute approximate surface area is 113 Å². The van der Waals surface area contributed by atoms with Gasteiger partial charge in [-0.25, -0.2) is 0 Å². The summed E-state index contributed by atoms with van der Waals surface area (Å²) in [4.78, 5) is 11.6. The van der Waals surface area contributed by atoms with Crippen LogP contribution in [0.2, 0.25) is 0 Å². The Morgan fingerprint density at radius 1 is 1.21 bits per heavy atom. The lowest BCUT2D eigenvalue weighted by Crippen LogP contribution is -2.11. The van der Waals surface area contributed by atoms with Gasteiger partial charge in [-0.3, -0.25) is 4.79 Å². The number of rotatable bonds is 6. The molecule has 0 amide bonds. The monoisotopic (exact) mass is 258 g/mol. The van der Waals surface area contributed by atoms with E-state index in [1.54, 1.807) is 6.26 Å². The minimum absolute atomic E-state index is 0.0932. The zero-order valence-corrected chi connectivity index (χ0v) is 11.0. The van der Waals surface area contributed by atoms with E-state index in [1.807, 2.05) is 49.4 Å². The molecule has 3 nitrogen and oxygen atoms in total. The van der Waals surface area contributed by atoms with Crippen LogP contribution in [-0.2, 0) is 16.0 Å². The number of carbonyl (C=O) groups is 1. The molecule has 0 aliphatic carbocycles. The highest BCUT2D eigenvalue weighted by atomic mass is 16.5. The summed E-state index contributed by atoms with van der Waals surface area (Å²) in [7, 11) is 0. The smallest absolute Gasteiger partial charge is 0.306 e. The van der Waals surface area contributed by atoms with E-state index in [9.17, 15) is 4.79 Å². The first-order chi connectivity index (χ1) is 9.25. The Morgan fingerprint density at radius 3 is 2.68 bits per heavy atom. The Hall–Kier alpha value is -2.03. The molecule has 1 atom stereocenters. The van der Waals surface area contributed by atoms with Crippen molar-refractivity contribution in [1.82, 2.24) is 0 Å². The highest BCUT2D eigenvalue weighted by Crippen LogP contribution is 2.15. The quantitative estimate of drug-likeness (QED) is 0.744. The lowest BCUT2D eigenvalue weighted by molar-refractivity contribution is -0.144. The highest BCUT2D eigenvalue weighted by Gasteiger charge is 2.11. The van der Waals surface area contributed by atoms with Crippen molar-refractivity contribution in [3.63, 3.8) is 0 Å². The van der Waals surface area contributed by atoms with Crippen molar-refractivity contribution in [2.24, 2.45) is 0 Å².